The molecule has 1 aliphatic heterocycles. The van der Waals surface area contributed by atoms with Gasteiger partial charge in [-0.3, -0.25) is 9.59 Å². The highest BCUT2D eigenvalue weighted by molar-refractivity contribution is 6.01. The molecule has 140 valence electrons. The van der Waals surface area contributed by atoms with Gasteiger partial charge >= 0.3 is 5.97 Å². The molecule has 0 aromatic heterocycles. The number of para-hydroxylation sites is 1. The molecule has 3 rings (SSSR count). The molecule has 0 spiro atoms. The molecule has 1 aliphatic rings. The highest BCUT2D eigenvalue weighted by atomic mass is 19.1. The molecule has 7 heteroatoms. The molecule has 1 fully saturated rings. The summed E-state index contributed by atoms with van der Waals surface area (Å²) in [5, 5.41) is 9.04. The molecule has 1 atom stereocenters. The van der Waals surface area contributed by atoms with Crippen LogP contribution < -0.4 is 4.90 Å². The average Bonchev–Trinajstić information content (AvgIpc) is 3.03. The van der Waals surface area contributed by atoms with Gasteiger partial charge in [0.2, 0.25) is 11.8 Å². The summed E-state index contributed by atoms with van der Waals surface area (Å²) in [6.07, 6.45) is 0.395. The average molecular weight is 370 g/mol. The lowest BCUT2D eigenvalue weighted by Gasteiger charge is -2.24. The Hall–Kier alpha value is -3.22. The summed E-state index contributed by atoms with van der Waals surface area (Å²) < 4.78 is 14.0. The van der Waals surface area contributed by atoms with E-state index >= 15 is 0 Å². The zero-order chi connectivity index (χ0) is 19.6. The summed E-state index contributed by atoms with van der Waals surface area (Å²) in [5.41, 5.74) is 0.869. The maximum Gasteiger partial charge on any atom is 0.335 e. The van der Waals surface area contributed by atoms with Crippen molar-refractivity contribution in [3.05, 3.63) is 65.5 Å². The largest absolute Gasteiger partial charge is 0.478 e. The molecule has 1 saturated heterocycles. The van der Waals surface area contributed by atoms with Crippen LogP contribution in [0, 0.1) is 5.82 Å². The maximum absolute atomic E-state index is 14.0. The fourth-order valence-electron chi connectivity index (χ4n) is 3.22. The fourth-order valence-corrected chi connectivity index (χ4v) is 3.22. The number of anilines is 1. The van der Waals surface area contributed by atoms with Crippen molar-refractivity contribution in [1.29, 1.82) is 0 Å². The third-order valence-corrected chi connectivity index (χ3v) is 4.71. The number of halogens is 1. The smallest absolute Gasteiger partial charge is 0.335 e. The fraction of sp³-hybridized carbons (Fsp3) is 0.250. The molecule has 2 aromatic carbocycles. The van der Waals surface area contributed by atoms with Gasteiger partial charge in [0.05, 0.1) is 17.7 Å². The van der Waals surface area contributed by atoms with E-state index < -0.39 is 17.8 Å². The van der Waals surface area contributed by atoms with E-state index in [1.807, 2.05) is 0 Å². The number of carboxylic acid groups (broad SMARTS) is 1. The number of benzene rings is 2. The zero-order valence-electron chi connectivity index (χ0n) is 14.8. The van der Waals surface area contributed by atoms with E-state index in [9.17, 15) is 18.8 Å². The number of carbonyl (C=O) groups is 3. The number of hydrogen-bond acceptors (Lipinski definition) is 3. The number of carboxylic acids is 1. The first-order valence-corrected chi connectivity index (χ1v) is 8.52. The molecule has 0 radical (unpaired) electrons. The van der Waals surface area contributed by atoms with E-state index in [4.69, 9.17) is 5.11 Å². The van der Waals surface area contributed by atoms with Crippen molar-refractivity contribution in [3.8, 4) is 0 Å². The van der Waals surface area contributed by atoms with Crippen molar-refractivity contribution >= 4 is 23.5 Å². The van der Waals surface area contributed by atoms with Crippen LogP contribution in [0.25, 0.3) is 0 Å². The van der Waals surface area contributed by atoms with Crippen LogP contribution in [0.3, 0.4) is 0 Å². The van der Waals surface area contributed by atoms with Crippen LogP contribution in [-0.4, -0.2) is 47.4 Å². The third-order valence-electron chi connectivity index (χ3n) is 4.71. The van der Waals surface area contributed by atoms with E-state index in [1.165, 1.54) is 41.1 Å². The molecule has 6 nitrogen and oxygen atoms in total. The lowest BCUT2D eigenvalue weighted by atomic mass is 10.1. The lowest BCUT2D eigenvalue weighted by Crippen LogP contribution is -2.43. The van der Waals surface area contributed by atoms with Crippen molar-refractivity contribution in [3.63, 3.8) is 0 Å². The Morgan fingerprint density at radius 3 is 2.67 bits per heavy atom. The summed E-state index contributed by atoms with van der Waals surface area (Å²) in [6.45, 7) is 0.330. The van der Waals surface area contributed by atoms with E-state index in [2.05, 4.69) is 0 Å². The van der Waals surface area contributed by atoms with Gasteiger partial charge in [-0.1, -0.05) is 24.3 Å². The molecule has 0 bridgehead atoms. The van der Waals surface area contributed by atoms with Gasteiger partial charge in [0, 0.05) is 13.6 Å². The predicted molar refractivity (Wildman–Crippen MR) is 97.0 cm³/mol. The minimum Gasteiger partial charge on any atom is -0.478 e. The number of aromatic carboxylic acids is 1. The minimum atomic E-state index is -1.07. The van der Waals surface area contributed by atoms with Crippen LogP contribution in [-0.2, 0) is 16.0 Å². The molecule has 1 unspecified atom stereocenters. The third kappa shape index (κ3) is 3.81. The van der Waals surface area contributed by atoms with Crippen molar-refractivity contribution in [2.24, 2.45) is 0 Å². The Kier molecular flexibility index (Phi) is 5.21. The first kappa shape index (κ1) is 18.6. The van der Waals surface area contributed by atoms with Crippen LogP contribution in [0.5, 0.6) is 0 Å². The summed E-state index contributed by atoms with van der Waals surface area (Å²) in [6, 6.07) is 11.5. The first-order valence-electron chi connectivity index (χ1n) is 8.52. The Morgan fingerprint density at radius 1 is 1.22 bits per heavy atom. The Labute approximate surface area is 155 Å². The van der Waals surface area contributed by atoms with Crippen LogP contribution in [0.1, 0.15) is 22.3 Å². The van der Waals surface area contributed by atoms with Crippen molar-refractivity contribution in [1.82, 2.24) is 4.90 Å². The van der Waals surface area contributed by atoms with Crippen molar-refractivity contribution in [2.75, 3.05) is 18.5 Å². The van der Waals surface area contributed by atoms with Gasteiger partial charge in [-0.25, -0.2) is 9.18 Å². The van der Waals surface area contributed by atoms with E-state index in [-0.39, 0.29) is 29.5 Å². The van der Waals surface area contributed by atoms with Gasteiger partial charge in [-0.15, -0.1) is 0 Å². The van der Waals surface area contributed by atoms with Gasteiger partial charge in [-0.05, 0) is 36.2 Å². The Balaban J connectivity index is 1.71. The maximum atomic E-state index is 14.0. The summed E-state index contributed by atoms with van der Waals surface area (Å²) in [7, 11) is 1.54. The molecule has 2 aromatic rings. The second kappa shape index (κ2) is 7.57. The van der Waals surface area contributed by atoms with E-state index in [1.54, 1.807) is 24.3 Å². The molecule has 0 saturated carbocycles. The lowest BCUT2D eigenvalue weighted by molar-refractivity contribution is -0.136. The molecular formula is C20H19FN2O4. The second-order valence-corrected chi connectivity index (χ2v) is 6.43. The molecule has 1 N–H and O–H groups in total. The Morgan fingerprint density at radius 2 is 1.96 bits per heavy atom. The Bertz CT molecular complexity index is 899. The van der Waals surface area contributed by atoms with Crippen molar-refractivity contribution in [2.45, 2.75) is 18.9 Å². The highest BCUT2D eigenvalue weighted by Crippen LogP contribution is 2.26. The molecule has 27 heavy (non-hydrogen) atoms. The number of amides is 2. The van der Waals surface area contributed by atoms with Gasteiger partial charge in [0.25, 0.3) is 0 Å². The number of rotatable bonds is 5. The standard InChI is InChI=1S/C20H19FN2O4/c1-22(18(24)12-13-5-4-6-14(11-13)20(26)27)17-9-10-23(19(17)25)16-8-3-2-7-15(16)21/h2-8,11,17H,9-10,12H2,1H3,(H,26,27). The normalized spacial score (nSPS) is 16.4. The molecule has 1 heterocycles. The summed E-state index contributed by atoms with van der Waals surface area (Å²) in [4.78, 5) is 39.0. The number of carbonyl (C=O) groups excluding carboxylic acids is 2. The number of nitrogens with zero attached hydrogens (tertiary/aromatic N) is 2. The van der Waals surface area contributed by atoms with E-state index in [0.29, 0.717) is 18.5 Å². The van der Waals surface area contributed by atoms with Gasteiger partial charge in [-0.2, -0.15) is 0 Å². The minimum absolute atomic E-state index is 0.0128. The monoisotopic (exact) mass is 370 g/mol. The molecular weight excluding hydrogens is 351 g/mol. The van der Waals surface area contributed by atoms with Crippen LogP contribution in [0.2, 0.25) is 0 Å². The van der Waals surface area contributed by atoms with Crippen molar-refractivity contribution < 1.29 is 23.9 Å². The highest BCUT2D eigenvalue weighted by Gasteiger charge is 2.37. The van der Waals surface area contributed by atoms with Crippen LogP contribution in [0.15, 0.2) is 48.5 Å². The van der Waals surface area contributed by atoms with Crippen LogP contribution in [0.4, 0.5) is 10.1 Å². The molecule has 2 amide bonds. The quantitative estimate of drug-likeness (QED) is 0.876. The second-order valence-electron chi connectivity index (χ2n) is 6.43. The SMILES string of the molecule is CN(C(=O)Cc1cccc(C(=O)O)c1)C1CCN(c2ccccc2F)C1=O. The number of likely N-dealkylation sites (N-methyl/N-ethyl adjacent to an activating group) is 1. The summed E-state index contributed by atoms with van der Waals surface area (Å²) in [5.74, 6) is -2.17. The van der Waals surface area contributed by atoms with Gasteiger partial charge < -0.3 is 14.9 Å². The molecule has 0 aliphatic carbocycles. The predicted octanol–water partition coefficient (Wildman–Crippen LogP) is 2.33. The van der Waals surface area contributed by atoms with Gasteiger partial charge in [0.1, 0.15) is 11.9 Å². The van der Waals surface area contributed by atoms with Gasteiger partial charge in [0.15, 0.2) is 0 Å². The van der Waals surface area contributed by atoms with E-state index in [0.717, 1.165) is 0 Å². The van der Waals surface area contributed by atoms with Crippen LogP contribution >= 0.6 is 0 Å². The summed E-state index contributed by atoms with van der Waals surface area (Å²) >= 11 is 0. The topological polar surface area (TPSA) is 77.9 Å². The zero-order valence-corrected chi connectivity index (χ0v) is 14.8. The first-order chi connectivity index (χ1) is 12.9. The number of hydrogen-bond donors (Lipinski definition) is 1.